The molecule has 3 rings (SSSR count). The van der Waals surface area contributed by atoms with Crippen LogP contribution in [0.3, 0.4) is 0 Å². The lowest BCUT2D eigenvalue weighted by atomic mass is 10.1. The lowest BCUT2D eigenvalue weighted by molar-refractivity contribution is 0.0676. The minimum atomic E-state index is 0.0432. The third kappa shape index (κ3) is 2.43. The van der Waals surface area contributed by atoms with E-state index in [1.165, 1.54) is 17.9 Å². The molecule has 8 heteroatoms. The number of nitrogens with zero attached hydrogens (tertiary/aromatic N) is 6. The molecule has 0 spiro atoms. The summed E-state index contributed by atoms with van der Waals surface area (Å²) in [6.07, 6.45) is 5.98. The first kappa shape index (κ1) is 13.2. The number of hydrogen-bond donors (Lipinski definition) is 0. The van der Waals surface area contributed by atoms with Gasteiger partial charge in [0.25, 0.3) is 5.91 Å². The number of likely N-dealkylation sites (tertiary alicyclic amines) is 1. The van der Waals surface area contributed by atoms with Crippen LogP contribution < -0.4 is 0 Å². The van der Waals surface area contributed by atoms with Crippen LogP contribution in [-0.4, -0.2) is 48.2 Å². The number of piperidine rings is 1. The predicted molar refractivity (Wildman–Crippen MR) is 73.5 cm³/mol. The van der Waals surface area contributed by atoms with Crippen molar-refractivity contribution < 1.29 is 4.79 Å². The van der Waals surface area contributed by atoms with Crippen molar-refractivity contribution >= 4 is 17.4 Å². The molecule has 2 aromatic rings. The molecule has 1 aliphatic rings. The van der Waals surface area contributed by atoms with Gasteiger partial charge in [-0.3, -0.25) is 4.79 Å². The average Bonchev–Trinajstić information content (AvgIpc) is 3.17. The molecule has 1 unspecified atom stereocenters. The van der Waals surface area contributed by atoms with E-state index in [4.69, 9.17) is 0 Å². The van der Waals surface area contributed by atoms with Gasteiger partial charge in [0.2, 0.25) is 0 Å². The first-order chi connectivity index (χ1) is 9.79. The Balaban J connectivity index is 1.75. The van der Waals surface area contributed by atoms with Gasteiger partial charge in [0, 0.05) is 13.1 Å². The van der Waals surface area contributed by atoms with E-state index in [1.807, 2.05) is 16.5 Å². The second-order valence-electron chi connectivity index (χ2n) is 4.83. The number of hydrogen-bond acceptors (Lipinski definition) is 6. The molecule has 0 saturated carbocycles. The van der Waals surface area contributed by atoms with Crippen molar-refractivity contribution in [1.82, 2.24) is 29.3 Å². The van der Waals surface area contributed by atoms with E-state index in [9.17, 15) is 4.79 Å². The van der Waals surface area contributed by atoms with Gasteiger partial charge in [-0.1, -0.05) is 11.4 Å². The Morgan fingerprint density at radius 3 is 3.20 bits per heavy atom. The predicted octanol–water partition coefficient (Wildman–Crippen LogP) is 1.17. The summed E-state index contributed by atoms with van der Waals surface area (Å²) < 4.78 is 5.73. The molecule has 1 atom stereocenters. The molecule has 1 saturated heterocycles. The molecule has 20 heavy (non-hydrogen) atoms. The highest BCUT2D eigenvalue weighted by Gasteiger charge is 2.28. The van der Waals surface area contributed by atoms with Crippen LogP contribution in [0, 0.1) is 0 Å². The van der Waals surface area contributed by atoms with Crippen molar-refractivity contribution in [3.63, 3.8) is 0 Å². The topological polar surface area (TPSA) is 76.8 Å². The second-order valence-corrected chi connectivity index (χ2v) is 5.58. The van der Waals surface area contributed by atoms with Gasteiger partial charge < -0.3 is 4.90 Å². The molecule has 7 nitrogen and oxygen atoms in total. The molecule has 1 amide bonds. The standard InChI is InChI=1S/C12H16N6OS/c1-2-10-11(20-16-15-10)12(19)17-5-3-4-9(6-17)18-8-13-7-14-18/h7-9H,2-6H2,1H3. The van der Waals surface area contributed by atoms with E-state index < -0.39 is 0 Å². The van der Waals surface area contributed by atoms with Gasteiger partial charge in [-0.15, -0.1) is 5.10 Å². The molecule has 0 radical (unpaired) electrons. The summed E-state index contributed by atoms with van der Waals surface area (Å²) in [4.78, 5) is 19.1. The number of amides is 1. The van der Waals surface area contributed by atoms with E-state index >= 15 is 0 Å². The zero-order chi connectivity index (χ0) is 13.9. The van der Waals surface area contributed by atoms with Crippen molar-refractivity contribution in [3.8, 4) is 0 Å². The Morgan fingerprint density at radius 2 is 2.45 bits per heavy atom. The smallest absolute Gasteiger partial charge is 0.267 e. The Hall–Kier alpha value is -1.83. The third-order valence-corrected chi connectivity index (χ3v) is 4.34. The van der Waals surface area contributed by atoms with Gasteiger partial charge in [0.15, 0.2) is 0 Å². The largest absolute Gasteiger partial charge is 0.336 e. The van der Waals surface area contributed by atoms with Crippen LogP contribution in [0.25, 0.3) is 0 Å². The minimum Gasteiger partial charge on any atom is -0.336 e. The normalized spacial score (nSPS) is 19.2. The van der Waals surface area contributed by atoms with Gasteiger partial charge in [-0.25, -0.2) is 9.67 Å². The fraction of sp³-hybridized carbons (Fsp3) is 0.583. The van der Waals surface area contributed by atoms with Gasteiger partial charge >= 0.3 is 0 Å². The number of carbonyl (C=O) groups excluding carboxylic acids is 1. The highest BCUT2D eigenvalue weighted by Crippen LogP contribution is 2.23. The van der Waals surface area contributed by atoms with Crippen LogP contribution in [0.5, 0.6) is 0 Å². The van der Waals surface area contributed by atoms with Crippen molar-refractivity contribution in [2.75, 3.05) is 13.1 Å². The van der Waals surface area contributed by atoms with Gasteiger partial charge in [-0.2, -0.15) is 5.10 Å². The fourth-order valence-electron chi connectivity index (χ4n) is 2.51. The molecular weight excluding hydrogens is 276 g/mol. The second kappa shape index (κ2) is 5.66. The lowest BCUT2D eigenvalue weighted by Gasteiger charge is -2.32. The fourth-order valence-corrected chi connectivity index (χ4v) is 3.23. The molecule has 106 valence electrons. The molecule has 0 N–H and O–H groups in total. The van der Waals surface area contributed by atoms with Crippen LogP contribution in [0.15, 0.2) is 12.7 Å². The van der Waals surface area contributed by atoms with E-state index in [0.29, 0.717) is 11.4 Å². The monoisotopic (exact) mass is 292 g/mol. The third-order valence-electron chi connectivity index (χ3n) is 3.58. The quantitative estimate of drug-likeness (QED) is 0.848. The molecule has 1 aliphatic heterocycles. The first-order valence-corrected chi connectivity index (χ1v) is 7.51. The summed E-state index contributed by atoms with van der Waals surface area (Å²) in [6.45, 7) is 3.44. The van der Waals surface area contributed by atoms with Crippen molar-refractivity contribution in [2.24, 2.45) is 0 Å². The van der Waals surface area contributed by atoms with E-state index in [0.717, 1.165) is 31.5 Å². The maximum atomic E-state index is 12.6. The maximum absolute atomic E-state index is 12.6. The molecule has 2 aromatic heterocycles. The zero-order valence-electron chi connectivity index (χ0n) is 11.3. The van der Waals surface area contributed by atoms with Crippen molar-refractivity contribution in [3.05, 3.63) is 23.2 Å². The Bertz CT molecular complexity index is 581. The molecular formula is C12H16N6OS. The van der Waals surface area contributed by atoms with Gasteiger partial charge in [0.1, 0.15) is 17.5 Å². The number of aryl methyl sites for hydroxylation is 1. The van der Waals surface area contributed by atoms with Crippen LogP contribution in [-0.2, 0) is 6.42 Å². The summed E-state index contributed by atoms with van der Waals surface area (Å²) in [5.41, 5.74) is 0.794. The number of carbonyl (C=O) groups is 1. The molecule has 0 bridgehead atoms. The Labute approximate surface area is 120 Å². The lowest BCUT2D eigenvalue weighted by Crippen LogP contribution is -2.40. The summed E-state index contributed by atoms with van der Waals surface area (Å²) in [7, 11) is 0. The number of aromatic nitrogens is 5. The molecule has 0 aromatic carbocycles. The first-order valence-electron chi connectivity index (χ1n) is 6.74. The van der Waals surface area contributed by atoms with Gasteiger partial charge in [-0.05, 0) is 30.8 Å². The average molecular weight is 292 g/mol. The Morgan fingerprint density at radius 1 is 1.55 bits per heavy atom. The molecule has 3 heterocycles. The summed E-state index contributed by atoms with van der Waals surface area (Å²) in [6, 6.07) is 0.209. The summed E-state index contributed by atoms with van der Waals surface area (Å²) in [5.74, 6) is 0.0432. The summed E-state index contributed by atoms with van der Waals surface area (Å²) in [5, 5.41) is 8.19. The van der Waals surface area contributed by atoms with E-state index in [1.54, 1.807) is 6.33 Å². The van der Waals surface area contributed by atoms with Crippen LogP contribution in [0.4, 0.5) is 0 Å². The zero-order valence-corrected chi connectivity index (χ0v) is 12.1. The van der Waals surface area contributed by atoms with Crippen molar-refractivity contribution in [2.45, 2.75) is 32.2 Å². The van der Waals surface area contributed by atoms with E-state index in [2.05, 4.69) is 19.7 Å². The minimum absolute atomic E-state index is 0.0432. The highest BCUT2D eigenvalue weighted by atomic mass is 32.1. The maximum Gasteiger partial charge on any atom is 0.267 e. The van der Waals surface area contributed by atoms with E-state index in [-0.39, 0.29) is 11.9 Å². The number of rotatable bonds is 3. The van der Waals surface area contributed by atoms with Crippen LogP contribution in [0.1, 0.15) is 41.2 Å². The Kier molecular flexibility index (Phi) is 3.72. The SMILES string of the molecule is CCc1nnsc1C(=O)N1CCCC(n2cncn2)C1. The summed E-state index contributed by atoms with van der Waals surface area (Å²) >= 11 is 1.19. The highest BCUT2D eigenvalue weighted by molar-refractivity contribution is 7.08. The molecule has 0 aliphatic carbocycles. The van der Waals surface area contributed by atoms with Crippen molar-refractivity contribution in [1.29, 1.82) is 0 Å². The molecule has 1 fully saturated rings. The van der Waals surface area contributed by atoms with Crippen LogP contribution >= 0.6 is 11.5 Å². The van der Waals surface area contributed by atoms with Gasteiger partial charge in [0.05, 0.1) is 11.7 Å². The van der Waals surface area contributed by atoms with Crippen LogP contribution in [0.2, 0.25) is 0 Å².